The van der Waals surface area contributed by atoms with E-state index in [1.807, 2.05) is 13.8 Å². The summed E-state index contributed by atoms with van der Waals surface area (Å²) in [6.45, 7) is 8.17. The zero-order valence-electron chi connectivity index (χ0n) is 15.5. The molecule has 0 saturated carbocycles. The van der Waals surface area contributed by atoms with E-state index >= 15 is 0 Å². The molecular formula is C18H30N4O2S. The molecule has 1 aliphatic rings. The normalized spacial score (nSPS) is 18.0. The van der Waals surface area contributed by atoms with Crippen LogP contribution in [0.3, 0.4) is 0 Å². The molecule has 0 aromatic carbocycles. The third-order valence-corrected chi connectivity index (χ3v) is 5.36. The topological polar surface area (TPSA) is 66.0 Å². The quantitative estimate of drug-likeness (QED) is 0.420. The fourth-order valence-corrected chi connectivity index (χ4v) is 3.84. The van der Waals surface area contributed by atoms with Crippen molar-refractivity contribution in [3.8, 4) is 0 Å². The van der Waals surface area contributed by atoms with Gasteiger partial charge in [0.05, 0.1) is 25.6 Å². The van der Waals surface area contributed by atoms with Crippen molar-refractivity contribution in [3.05, 3.63) is 22.4 Å². The molecule has 2 N–H and O–H groups in total. The van der Waals surface area contributed by atoms with Crippen LogP contribution in [-0.2, 0) is 9.53 Å². The van der Waals surface area contributed by atoms with Gasteiger partial charge in [-0.05, 0) is 44.3 Å². The van der Waals surface area contributed by atoms with E-state index in [2.05, 4.69) is 38.0 Å². The fraction of sp³-hybridized carbons (Fsp3) is 0.667. The van der Waals surface area contributed by atoms with E-state index in [1.54, 1.807) is 11.3 Å². The van der Waals surface area contributed by atoms with Crippen LogP contribution >= 0.6 is 11.3 Å². The highest BCUT2D eigenvalue weighted by Gasteiger charge is 2.24. The van der Waals surface area contributed by atoms with E-state index in [0.717, 1.165) is 32.1 Å². The number of esters is 1. The molecule has 1 fully saturated rings. The van der Waals surface area contributed by atoms with Gasteiger partial charge in [0.15, 0.2) is 5.96 Å². The number of aliphatic imine (C=N–C) groups is 1. The Morgan fingerprint density at radius 2 is 2.16 bits per heavy atom. The SMILES string of the molecule is CCNC(=NCC(C)C(=O)OC)NCC(c1cccs1)N1CCCC1. The minimum atomic E-state index is -0.243. The van der Waals surface area contributed by atoms with Crippen LogP contribution in [0.15, 0.2) is 22.5 Å². The number of methoxy groups -OCH3 is 1. The van der Waals surface area contributed by atoms with Crippen LogP contribution in [0.4, 0.5) is 0 Å². The summed E-state index contributed by atoms with van der Waals surface area (Å²) in [4.78, 5) is 20.0. The van der Waals surface area contributed by atoms with E-state index in [-0.39, 0.29) is 11.9 Å². The van der Waals surface area contributed by atoms with E-state index in [4.69, 9.17) is 4.74 Å². The van der Waals surface area contributed by atoms with Gasteiger partial charge in [-0.1, -0.05) is 13.0 Å². The molecule has 0 radical (unpaired) electrons. The van der Waals surface area contributed by atoms with Crippen molar-refractivity contribution < 1.29 is 9.53 Å². The largest absolute Gasteiger partial charge is 0.469 e. The second-order valence-electron chi connectivity index (χ2n) is 6.30. The molecule has 7 heteroatoms. The summed E-state index contributed by atoms with van der Waals surface area (Å²) >= 11 is 1.80. The van der Waals surface area contributed by atoms with Gasteiger partial charge in [0.1, 0.15) is 0 Å². The first kappa shape index (κ1) is 19.7. The summed E-state index contributed by atoms with van der Waals surface area (Å²) in [5.41, 5.74) is 0. The number of likely N-dealkylation sites (tertiary alicyclic amines) is 1. The van der Waals surface area contributed by atoms with Crippen molar-refractivity contribution in [2.75, 3.05) is 39.8 Å². The molecular weight excluding hydrogens is 336 g/mol. The lowest BCUT2D eigenvalue weighted by Crippen LogP contribution is -2.42. The maximum Gasteiger partial charge on any atom is 0.310 e. The molecule has 0 amide bonds. The molecule has 2 unspecified atom stereocenters. The lowest BCUT2D eigenvalue weighted by atomic mass is 10.2. The van der Waals surface area contributed by atoms with E-state index in [0.29, 0.717) is 12.6 Å². The van der Waals surface area contributed by atoms with E-state index < -0.39 is 0 Å². The van der Waals surface area contributed by atoms with Crippen LogP contribution < -0.4 is 10.6 Å². The lowest BCUT2D eigenvalue weighted by molar-refractivity contribution is -0.144. The molecule has 1 aromatic rings. The third-order valence-electron chi connectivity index (χ3n) is 4.39. The van der Waals surface area contributed by atoms with Crippen LogP contribution in [0.2, 0.25) is 0 Å². The molecule has 140 valence electrons. The Bertz CT molecular complexity index is 541. The highest BCUT2D eigenvalue weighted by Crippen LogP contribution is 2.27. The molecule has 6 nitrogen and oxygen atoms in total. The predicted molar refractivity (Wildman–Crippen MR) is 103 cm³/mol. The number of thiophene rings is 1. The standard InChI is InChI=1S/C18H30N4O2S/c1-4-19-18(20-12-14(2)17(23)24-3)21-13-15(16-8-7-11-25-16)22-9-5-6-10-22/h7-8,11,14-15H,4-6,9-10,12-13H2,1-3H3,(H2,19,20,21). The summed E-state index contributed by atoms with van der Waals surface area (Å²) in [7, 11) is 1.41. The van der Waals surface area contributed by atoms with Gasteiger partial charge in [-0.3, -0.25) is 14.7 Å². The van der Waals surface area contributed by atoms with Crippen molar-refractivity contribution in [3.63, 3.8) is 0 Å². The maximum atomic E-state index is 11.5. The molecule has 0 bridgehead atoms. The van der Waals surface area contributed by atoms with Crippen molar-refractivity contribution in [2.24, 2.45) is 10.9 Å². The van der Waals surface area contributed by atoms with Crippen LogP contribution in [0, 0.1) is 5.92 Å². The molecule has 2 rings (SSSR count). The Hall–Kier alpha value is -1.60. The summed E-state index contributed by atoms with van der Waals surface area (Å²) in [5.74, 6) is 0.277. The van der Waals surface area contributed by atoms with Crippen LogP contribution in [-0.4, -0.2) is 56.7 Å². The number of carbonyl (C=O) groups is 1. The van der Waals surface area contributed by atoms with Gasteiger partial charge in [-0.15, -0.1) is 11.3 Å². The van der Waals surface area contributed by atoms with Gasteiger partial charge in [0.25, 0.3) is 0 Å². The van der Waals surface area contributed by atoms with Gasteiger partial charge < -0.3 is 15.4 Å². The predicted octanol–water partition coefficient (Wildman–Crippen LogP) is 2.25. The summed E-state index contributed by atoms with van der Waals surface area (Å²) in [6.07, 6.45) is 2.54. The zero-order valence-corrected chi connectivity index (χ0v) is 16.3. The number of rotatable bonds is 8. The van der Waals surface area contributed by atoms with Gasteiger partial charge in [-0.2, -0.15) is 0 Å². The first-order chi connectivity index (χ1) is 12.2. The minimum absolute atomic E-state index is 0.229. The van der Waals surface area contributed by atoms with Crippen LogP contribution in [0.25, 0.3) is 0 Å². The zero-order chi connectivity index (χ0) is 18.1. The number of carbonyl (C=O) groups excluding carboxylic acids is 1. The molecule has 1 saturated heterocycles. The number of guanidine groups is 1. The Morgan fingerprint density at radius 3 is 2.76 bits per heavy atom. The Labute approximate surface area is 154 Å². The van der Waals surface area contributed by atoms with E-state index in [1.165, 1.54) is 24.8 Å². The maximum absolute atomic E-state index is 11.5. The van der Waals surface area contributed by atoms with Gasteiger partial charge in [0.2, 0.25) is 0 Å². The van der Waals surface area contributed by atoms with E-state index in [9.17, 15) is 4.79 Å². The average molecular weight is 367 g/mol. The Balaban J connectivity index is 1.98. The summed E-state index contributed by atoms with van der Waals surface area (Å²) in [6, 6.07) is 4.68. The number of hydrogen-bond donors (Lipinski definition) is 2. The van der Waals surface area contributed by atoms with Crippen LogP contribution in [0.5, 0.6) is 0 Å². The second-order valence-corrected chi connectivity index (χ2v) is 7.28. The number of nitrogens with one attached hydrogen (secondary N) is 2. The van der Waals surface area contributed by atoms with Gasteiger partial charge in [0, 0.05) is 18.0 Å². The molecule has 25 heavy (non-hydrogen) atoms. The molecule has 0 aliphatic carbocycles. The Kier molecular flexibility index (Phi) is 8.21. The third kappa shape index (κ3) is 6.01. The molecule has 2 heterocycles. The van der Waals surface area contributed by atoms with Crippen molar-refractivity contribution in [2.45, 2.75) is 32.7 Å². The summed E-state index contributed by atoms with van der Waals surface area (Å²) < 4.78 is 4.76. The first-order valence-electron chi connectivity index (χ1n) is 9.03. The number of hydrogen-bond acceptors (Lipinski definition) is 5. The van der Waals surface area contributed by atoms with Gasteiger partial charge >= 0.3 is 5.97 Å². The average Bonchev–Trinajstić information content (AvgIpc) is 3.33. The fourth-order valence-electron chi connectivity index (χ4n) is 2.98. The highest BCUT2D eigenvalue weighted by atomic mass is 32.1. The van der Waals surface area contributed by atoms with Crippen molar-refractivity contribution in [1.29, 1.82) is 0 Å². The van der Waals surface area contributed by atoms with Crippen LogP contribution in [0.1, 0.15) is 37.6 Å². The van der Waals surface area contributed by atoms with Crippen molar-refractivity contribution in [1.82, 2.24) is 15.5 Å². The minimum Gasteiger partial charge on any atom is -0.469 e. The molecule has 2 atom stereocenters. The van der Waals surface area contributed by atoms with Crippen molar-refractivity contribution >= 4 is 23.3 Å². The molecule has 1 aliphatic heterocycles. The Morgan fingerprint density at radius 1 is 1.40 bits per heavy atom. The first-order valence-corrected chi connectivity index (χ1v) is 9.91. The highest BCUT2D eigenvalue weighted by molar-refractivity contribution is 7.10. The molecule has 0 spiro atoms. The monoisotopic (exact) mass is 366 g/mol. The second kappa shape index (κ2) is 10.4. The molecule has 1 aromatic heterocycles. The lowest BCUT2D eigenvalue weighted by Gasteiger charge is -2.27. The number of nitrogens with zero attached hydrogens (tertiary/aromatic N) is 2. The summed E-state index contributed by atoms with van der Waals surface area (Å²) in [5, 5.41) is 8.84. The smallest absolute Gasteiger partial charge is 0.310 e. The number of ether oxygens (including phenoxy) is 1. The van der Waals surface area contributed by atoms with Gasteiger partial charge in [-0.25, -0.2) is 0 Å².